The van der Waals surface area contributed by atoms with Gasteiger partial charge in [-0.25, -0.2) is 17.5 Å². The molecule has 0 unspecified atom stereocenters. The molecule has 0 aliphatic rings. The van der Waals surface area contributed by atoms with Crippen molar-refractivity contribution in [3.63, 3.8) is 0 Å². The molecule has 5 nitrogen and oxygen atoms in total. The zero-order chi connectivity index (χ0) is 17.0. The van der Waals surface area contributed by atoms with E-state index in [0.717, 1.165) is 17.2 Å². The average molecular weight is 336 g/mol. The quantitative estimate of drug-likeness (QED) is 0.880. The van der Waals surface area contributed by atoms with Crippen LogP contribution in [0.3, 0.4) is 0 Å². The summed E-state index contributed by atoms with van der Waals surface area (Å²) in [7, 11) is -3.78. The van der Waals surface area contributed by atoms with E-state index in [9.17, 15) is 17.6 Å². The van der Waals surface area contributed by atoms with Gasteiger partial charge >= 0.3 is 0 Å². The number of hydrogen-bond donors (Lipinski definition) is 2. The van der Waals surface area contributed by atoms with Gasteiger partial charge in [0.25, 0.3) is 0 Å². The number of halogens is 1. The number of anilines is 1. The van der Waals surface area contributed by atoms with Crippen LogP contribution in [-0.4, -0.2) is 20.9 Å². The Kier molecular flexibility index (Phi) is 5.12. The zero-order valence-electron chi connectivity index (χ0n) is 12.8. The predicted octanol–water partition coefficient (Wildman–Crippen LogP) is 2.36. The Morgan fingerprint density at radius 3 is 2.48 bits per heavy atom. The summed E-state index contributed by atoms with van der Waals surface area (Å²) in [6.07, 6.45) is 0. The summed E-state index contributed by atoms with van der Waals surface area (Å²) >= 11 is 0. The first-order chi connectivity index (χ1) is 10.8. The minimum Gasteiger partial charge on any atom is -0.325 e. The van der Waals surface area contributed by atoms with Gasteiger partial charge in [0.2, 0.25) is 15.9 Å². The lowest BCUT2D eigenvalue weighted by molar-refractivity contribution is -0.115. The van der Waals surface area contributed by atoms with Gasteiger partial charge in [-0.3, -0.25) is 4.79 Å². The molecule has 1 amide bonds. The topological polar surface area (TPSA) is 75.3 Å². The minimum atomic E-state index is -3.78. The Labute approximate surface area is 134 Å². The summed E-state index contributed by atoms with van der Waals surface area (Å²) < 4.78 is 39.6. The van der Waals surface area contributed by atoms with Crippen molar-refractivity contribution in [3.8, 4) is 0 Å². The Bertz CT molecular complexity index is 835. The molecule has 0 aliphatic heterocycles. The molecule has 0 aliphatic carbocycles. The zero-order valence-corrected chi connectivity index (χ0v) is 13.6. The van der Waals surface area contributed by atoms with Gasteiger partial charge in [-0.05, 0) is 55.3 Å². The van der Waals surface area contributed by atoms with Gasteiger partial charge in [0, 0.05) is 5.69 Å². The molecule has 0 bridgehead atoms. The first-order valence-corrected chi connectivity index (χ1v) is 8.38. The second-order valence-corrected chi connectivity index (χ2v) is 6.90. The van der Waals surface area contributed by atoms with Gasteiger partial charge in [-0.1, -0.05) is 12.1 Å². The van der Waals surface area contributed by atoms with Crippen molar-refractivity contribution in [3.05, 3.63) is 59.4 Å². The Hall–Kier alpha value is -2.25. The second-order valence-electron chi connectivity index (χ2n) is 5.13. The molecule has 0 atom stereocenters. The highest BCUT2D eigenvalue weighted by Gasteiger charge is 2.16. The van der Waals surface area contributed by atoms with Crippen LogP contribution in [0.4, 0.5) is 10.1 Å². The van der Waals surface area contributed by atoms with E-state index in [0.29, 0.717) is 0 Å². The number of benzene rings is 2. The molecular formula is C16H17FN2O3S. The van der Waals surface area contributed by atoms with E-state index < -0.39 is 28.3 Å². The van der Waals surface area contributed by atoms with Crippen molar-refractivity contribution in [1.82, 2.24) is 4.72 Å². The number of amides is 1. The van der Waals surface area contributed by atoms with E-state index in [1.165, 1.54) is 24.3 Å². The van der Waals surface area contributed by atoms with Crippen molar-refractivity contribution in [2.45, 2.75) is 18.7 Å². The molecule has 23 heavy (non-hydrogen) atoms. The lowest BCUT2D eigenvalue weighted by Crippen LogP contribution is -2.33. The molecule has 2 aromatic carbocycles. The van der Waals surface area contributed by atoms with Crippen LogP contribution < -0.4 is 10.0 Å². The molecule has 0 saturated carbocycles. The largest absolute Gasteiger partial charge is 0.325 e. The number of aryl methyl sites for hydroxylation is 2. The summed E-state index contributed by atoms with van der Waals surface area (Å²) in [5.74, 6) is -1.07. The molecule has 2 N–H and O–H groups in total. The van der Waals surface area contributed by atoms with E-state index in [1.807, 2.05) is 13.8 Å². The first kappa shape index (κ1) is 17.1. The van der Waals surface area contributed by atoms with Crippen LogP contribution in [0.1, 0.15) is 11.1 Å². The molecule has 0 radical (unpaired) electrons. The van der Waals surface area contributed by atoms with E-state index in [-0.39, 0.29) is 10.6 Å². The number of sulfonamides is 1. The Balaban J connectivity index is 2.01. The molecule has 0 aromatic heterocycles. The van der Waals surface area contributed by atoms with E-state index >= 15 is 0 Å². The smallest absolute Gasteiger partial charge is 0.241 e. The van der Waals surface area contributed by atoms with Crippen LogP contribution in [0, 0.1) is 19.7 Å². The van der Waals surface area contributed by atoms with Crippen molar-refractivity contribution >= 4 is 21.6 Å². The van der Waals surface area contributed by atoms with Crippen LogP contribution in [0.2, 0.25) is 0 Å². The monoisotopic (exact) mass is 336 g/mol. The number of carbonyl (C=O) groups is 1. The summed E-state index contributed by atoms with van der Waals surface area (Å²) in [5.41, 5.74) is 2.09. The van der Waals surface area contributed by atoms with Crippen molar-refractivity contribution in [2.24, 2.45) is 0 Å². The standard InChI is InChI=1S/C16H17FN2O3S/c1-11-6-7-15(8-12(11)2)23(21,22)18-10-16(20)19-14-5-3-4-13(17)9-14/h3-9,18H,10H2,1-2H3,(H,19,20). The predicted molar refractivity (Wildman–Crippen MR) is 86.1 cm³/mol. The number of nitrogens with one attached hydrogen (secondary N) is 2. The average Bonchev–Trinajstić information content (AvgIpc) is 2.48. The molecule has 0 saturated heterocycles. The number of hydrogen-bond acceptors (Lipinski definition) is 3. The molecule has 2 rings (SSSR count). The lowest BCUT2D eigenvalue weighted by atomic mass is 10.1. The highest BCUT2D eigenvalue weighted by Crippen LogP contribution is 2.14. The summed E-state index contributed by atoms with van der Waals surface area (Å²) in [5, 5.41) is 2.42. The first-order valence-electron chi connectivity index (χ1n) is 6.90. The molecular weight excluding hydrogens is 319 g/mol. The Morgan fingerprint density at radius 1 is 1.09 bits per heavy atom. The van der Waals surface area contributed by atoms with E-state index in [4.69, 9.17) is 0 Å². The maximum atomic E-state index is 13.0. The highest BCUT2D eigenvalue weighted by atomic mass is 32.2. The third-order valence-corrected chi connectivity index (χ3v) is 4.72. The Morgan fingerprint density at radius 2 is 1.83 bits per heavy atom. The fourth-order valence-corrected chi connectivity index (χ4v) is 2.96. The lowest BCUT2D eigenvalue weighted by Gasteiger charge is -2.09. The normalized spacial score (nSPS) is 11.3. The summed E-state index contributed by atoms with van der Waals surface area (Å²) in [4.78, 5) is 11.9. The number of rotatable bonds is 5. The fraction of sp³-hybridized carbons (Fsp3) is 0.188. The maximum Gasteiger partial charge on any atom is 0.241 e. The molecule has 0 fully saturated rings. The van der Waals surface area contributed by atoms with Crippen LogP contribution in [0.5, 0.6) is 0 Å². The molecule has 2 aromatic rings. The van der Waals surface area contributed by atoms with Crippen molar-refractivity contribution in [1.29, 1.82) is 0 Å². The molecule has 7 heteroatoms. The van der Waals surface area contributed by atoms with Crippen molar-refractivity contribution < 1.29 is 17.6 Å². The van der Waals surface area contributed by atoms with Gasteiger partial charge in [-0.15, -0.1) is 0 Å². The third kappa shape index (κ3) is 4.61. The molecule has 122 valence electrons. The highest BCUT2D eigenvalue weighted by molar-refractivity contribution is 7.89. The fourth-order valence-electron chi connectivity index (χ4n) is 1.90. The van der Waals surface area contributed by atoms with Crippen LogP contribution in [0.15, 0.2) is 47.4 Å². The second kappa shape index (κ2) is 6.89. The third-order valence-electron chi connectivity index (χ3n) is 3.32. The van der Waals surface area contributed by atoms with Gasteiger partial charge in [0.05, 0.1) is 11.4 Å². The van der Waals surface area contributed by atoms with Gasteiger partial charge in [0.1, 0.15) is 5.82 Å². The van der Waals surface area contributed by atoms with E-state index in [1.54, 1.807) is 12.1 Å². The van der Waals surface area contributed by atoms with Crippen LogP contribution in [-0.2, 0) is 14.8 Å². The summed E-state index contributed by atoms with van der Waals surface area (Å²) in [6.45, 7) is 3.25. The van der Waals surface area contributed by atoms with Crippen LogP contribution in [0.25, 0.3) is 0 Å². The van der Waals surface area contributed by atoms with Crippen LogP contribution >= 0.6 is 0 Å². The van der Waals surface area contributed by atoms with Gasteiger partial charge in [0.15, 0.2) is 0 Å². The number of carbonyl (C=O) groups excluding carboxylic acids is 1. The van der Waals surface area contributed by atoms with Crippen molar-refractivity contribution in [2.75, 3.05) is 11.9 Å². The maximum absolute atomic E-state index is 13.0. The molecule has 0 heterocycles. The minimum absolute atomic E-state index is 0.0964. The van der Waals surface area contributed by atoms with Gasteiger partial charge in [-0.2, -0.15) is 0 Å². The van der Waals surface area contributed by atoms with E-state index in [2.05, 4.69) is 10.0 Å². The summed E-state index contributed by atoms with van der Waals surface area (Å²) in [6, 6.07) is 10.1. The molecule has 0 spiro atoms. The SMILES string of the molecule is Cc1ccc(S(=O)(=O)NCC(=O)Nc2cccc(F)c2)cc1C. The van der Waals surface area contributed by atoms with Gasteiger partial charge < -0.3 is 5.32 Å².